The van der Waals surface area contributed by atoms with E-state index in [1.807, 2.05) is 11.0 Å². The lowest BCUT2D eigenvalue weighted by Crippen LogP contribution is -2.49. The Morgan fingerprint density at radius 3 is 2.38 bits per heavy atom. The van der Waals surface area contributed by atoms with Crippen LogP contribution >= 0.6 is 0 Å². The molecule has 0 radical (unpaired) electrons. The summed E-state index contributed by atoms with van der Waals surface area (Å²) in [6.45, 7) is 3.86. The van der Waals surface area contributed by atoms with Crippen LogP contribution in [0.2, 0.25) is 0 Å². The average Bonchev–Trinajstić information content (AvgIpc) is 2.93. The molecule has 0 unspecified atom stereocenters. The third kappa shape index (κ3) is 6.98. The van der Waals surface area contributed by atoms with E-state index in [-0.39, 0.29) is 30.0 Å². The monoisotopic (exact) mass is 546 g/mol. The summed E-state index contributed by atoms with van der Waals surface area (Å²) in [6, 6.07) is 10.2. The predicted molar refractivity (Wildman–Crippen MR) is 138 cm³/mol. The molecule has 0 atom stereocenters. The number of carbonyl (C=O) groups is 1. The van der Waals surface area contributed by atoms with E-state index in [9.17, 15) is 18.0 Å². The van der Waals surface area contributed by atoms with Gasteiger partial charge in [-0.05, 0) is 42.8 Å². The van der Waals surface area contributed by atoms with Gasteiger partial charge in [0.15, 0.2) is 11.5 Å². The number of amides is 1. The van der Waals surface area contributed by atoms with Gasteiger partial charge in [-0.15, -0.1) is 0 Å². The van der Waals surface area contributed by atoms with E-state index in [2.05, 4.69) is 20.3 Å². The Labute approximate surface area is 223 Å². The van der Waals surface area contributed by atoms with Crippen molar-refractivity contribution in [2.45, 2.75) is 19.5 Å². The molecular formula is C26H29F3N6O4. The number of halogens is 3. The van der Waals surface area contributed by atoms with Gasteiger partial charge in [-0.2, -0.15) is 28.1 Å². The smallest absolute Gasteiger partial charge is 0.416 e. The van der Waals surface area contributed by atoms with Crippen LogP contribution in [0.25, 0.3) is 0 Å². The molecule has 0 saturated carbocycles. The first-order valence-corrected chi connectivity index (χ1v) is 12.3. The maximum atomic E-state index is 13.1. The van der Waals surface area contributed by atoms with Crippen molar-refractivity contribution in [3.63, 3.8) is 0 Å². The zero-order chi connectivity index (χ0) is 28.0. The number of carbonyl (C=O) groups excluding carboxylic acids is 1. The molecule has 10 nitrogen and oxygen atoms in total. The summed E-state index contributed by atoms with van der Waals surface area (Å²) < 4.78 is 55.4. The van der Waals surface area contributed by atoms with Crippen LogP contribution in [-0.2, 0) is 17.4 Å². The van der Waals surface area contributed by atoms with Gasteiger partial charge in [0, 0.05) is 31.9 Å². The molecular weight excluding hydrogens is 517 g/mol. The SMILES string of the molecule is CCOc1nc(Nc2cccc(C(F)(F)F)c2)nc(N2CCN(C(=O)Cc3ccc(OC)c(OC)c3)CC2)n1. The highest BCUT2D eigenvalue weighted by atomic mass is 19.4. The van der Waals surface area contributed by atoms with Gasteiger partial charge in [-0.3, -0.25) is 4.79 Å². The summed E-state index contributed by atoms with van der Waals surface area (Å²) in [5.41, 5.74) is 0.194. The van der Waals surface area contributed by atoms with Gasteiger partial charge in [0.05, 0.1) is 32.8 Å². The normalized spacial score (nSPS) is 13.7. The lowest BCUT2D eigenvalue weighted by molar-refractivity contribution is -0.137. The zero-order valence-corrected chi connectivity index (χ0v) is 21.8. The van der Waals surface area contributed by atoms with E-state index < -0.39 is 11.7 Å². The quantitative estimate of drug-likeness (QED) is 0.428. The molecule has 1 aromatic heterocycles. The van der Waals surface area contributed by atoms with Crippen LogP contribution in [0.3, 0.4) is 0 Å². The van der Waals surface area contributed by atoms with E-state index in [0.29, 0.717) is 50.2 Å². The van der Waals surface area contributed by atoms with Crippen molar-refractivity contribution in [1.82, 2.24) is 19.9 Å². The minimum Gasteiger partial charge on any atom is -0.493 e. The number of methoxy groups -OCH3 is 2. The Morgan fingerprint density at radius 2 is 1.72 bits per heavy atom. The molecule has 3 aromatic rings. The summed E-state index contributed by atoms with van der Waals surface area (Å²) in [6.07, 6.45) is -4.26. The van der Waals surface area contributed by atoms with E-state index in [1.54, 1.807) is 38.2 Å². The molecule has 208 valence electrons. The molecule has 2 heterocycles. The molecule has 2 aromatic carbocycles. The van der Waals surface area contributed by atoms with Gasteiger partial charge < -0.3 is 29.3 Å². The van der Waals surface area contributed by atoms with Crippen molar-refractivity contribution in [3.8, 4) is 17.5 Å². The van der Waals surface area contributed by atoms with E-state index in [0.717, 1.165) is 17.7 Å². The van der Waals surface area contributed by atoms with Crippen LogP contribution in [0.1, 0.15) is 18.1 Å². The molecule has 1 aliphatic heterocycles. The molecule has 13 heteroatoms. The van der Waals surface area contributed by atoms with Crippen molar-refractivity contribution in [1.29, 1.82) is 0 Å². The molecule has 1 saturated heterocycles. The molecule has 4 rings (SSSR count). The average molecular weight is 547 g/mol. The summed E-state index contributed by atoms with van der Waals surface area (Å²) >= 11 is 0. The van der Waals surface area contributed by atoms with Gasteiger partial charge in [0.1, 0.15) is 0 Å². The lowest BCUT2D eigenvalue weighted by atomic mass is 10.1. The maximum Gasteiger partial charge on any atom is 0.416 e. The number of benzene rings is 2. The minimum atomic E-state index is -4.48. The number of aromatic nitrogens is 3. The highest BCUT2D eigenvalue weighted by Gasteiger charge is 2.30. The molecule has 1 fully saturated rings. The molecule has 1 aliphatic rings. The molecule has 0 spiro atoms. The van der Waals surface area contributed by atoms with Gasteiger partial charge in [-0.1, -0.05) is 12.1 Å². The second kappa shape index (κ2) is 12.0. The lowest BCUT2D eigenvalue weighted by Gasteiger charge is -2.35. The Bertz CT molecular complexity index is 1300. The van der Waals surface area contributed by atoms with Crippen molar-refractivity contribution in [2.75, 3.05) is 57.2 Å². The zero-order valence-electron chi connectivity index (χ0n) is 21.8. The maximum absolute atomic E-state index is 13.1. The Morgan fingerprint density at radius 1 is 0.974 bits per heavy atom. The molecule has 0 aliphatic carbocycles. The van der Waals surface area contributed by atoms with Crippen molar-refractivity contribution in [3.05, 3.63) is 53.6 Å². The second-order valence-corrected chi connectivity index (χ2v) is 8.61. The van der Waals surface area contributed by atoms with Crippen molar-refractivity contribution < 1.29 is 32.2 Å². The fraction of sp³-hybridized carbons (Fsp3) is 0.385. The van der Waals surface area contributed by atoms with Crippen LogP contribution < -0.4 is 24.4 Å². The standard InChI is InChI=1S/C26H29F3N6O4/c1-4-39-25-32-23(30-19-7-5-6-18(16-19)26(27,28)29)31-24(33-25)35-12-10-34(11-13-35)22(36)15-17-8-9-20(37-2)21(14-17)38-3/h5-9,14,16H,4,10-13,15H2,1-3H3,(H,30,31,32,33). The fourth-order valence-electron chi connectivity index (χ4n) is 4.07. The third-order valence-electron chi connectivity index (χ3n) is 6.04. The van der Waals surface area contributed by atoms with E-state index >= 15 is 0 Å². The number of hydrogen-bond donors (Lipinski definition) is 1. The number of nitrogens with one attached hydrogen (secondary N) is 1. The van der Waals surface area contributed by atoms with Crippen LogP contribution in [0, 0.1) is 0 Å². The van der Waals surface area contributed by atoms with Crippen molar-refractivity contribution >= 4 is 23.5 Å². The topological polar surface area (TPSA) is 102 Å². The number of nitrogens with zero attached hydrogens (tertiary/aromatic N) is 5. The minimum absolute atomic E-state index is 0.0283. The summed E-state index contributed by atoms with van der Waals surface area (Å²) in [5, 5.41) is 2.81. The summed E-state index contributed by atoms with van der Waals surface area (Å²) in [7, 11) is 3.09. The Kier molecular flexibility index (Phi) is 8.57. The molecule has 1 amide bonds. The van der Waals surface area contributed by atoms with Crippen molar-refractivity contribution in [2.24, 2.45) is 0 Å². The Hall–Kier alpha value is -4.29. The molecule has 39 heavy (non-hydrogen) atoms. The number of rotatable bonds is 9. The van der Waals surface area contributed by atoms with Gasteiger partial charge in [-0.25, -0.2) is 0 Å². The number of anilines is 3. The first-order valence-electron chi connectivity index (χ1n) is 12.3. The van der Waals surface area contributed by atoms with E-state index in [1.165, 1.54) is 12.1 Å². The largest absolute Gasteiger partial charge is 0.493 e. The highest BCUT2D eigenvalue weighted by molar-refractivity contribution is 5.79. The van der Waals surface area contributed by atoms with Crippen LogP contribution in [-0.4, -0.2) is 72.8 Å². The first kappa shape index (κ1) is 27.7. The number of hydrogen-bond acceptors (Lipinski definition) is 9. The summed E-state index contributed by atoms with van der Waals surface area (Å²) in [4.78, 5) is 29.5. The highest BCUT2D eigenvalue weighted by Crippen LogP contribution is 2.31. The first-order chi connectivity index (χ1) is 18.7. The summed E-state index contributed by atoms with van der Waals surface area (Å²) in [5.74, 6) is 1.47. The predicted octanol–water partition coefficient (Wildman–Crippen LogP) is 3.94. The number of piperazine rings is 1. The third-order valence-corrected chi connectivity index (χ3v) is 6.04. The van der Waals surface area contributed by atoms with Crippen LogP contribution in [0.15, 0.2) is 42.5 Å². The van der Waals surface area contributed by atoms with Gasteiger partial charge in [0.2, 0.25) is 17.8 Å². The van der Waals surface area contributed by atoms with Gasteiger partial charge in [0.25, 0.3) is 0 Å². The molecule has 0 bridgehead atoms. The van der Waals surface area contributed by atoms with E-state index in [4.69, 9.17) is 14.2 Å². The second-order valence-electron chi connectivity index (χ2n) is 8.61. The Balaban J connectivity index is 1.43. The van der Waals surface area contributed by atoms with Gasteiger partial charge >= 0.3 is 12.2 Å². The number of ether oxygens (including phenoxy) is 3. The van der Waals surface area contributed by atoms with Crippen LogP contribution in [0.4, 0.5) is 30.8 Å². The van der Waals surface area contributed by atoms with Crippen LogP contribution in [0.5, 0.6) is 17.5 Å². The number of alkyl halides is 3. The molecule has 1 N–H and O–H groups in total. The fourth-order valence-corrected chi connectivity index (χ4v) is 4.07.